The minimum atomic E-state index is -3.03. The van der Waals surface area contributed by atoms with E-state index in [0.717, 1.165) is 7.11 Å². The molecule has 1 aromatic carbocycles. The van der Waals surface area contributed by atoms with Crippen LogP contribution in [0.4, 0.5) is 5.69 Å². The zero-order valence-corrected chi connectivity index (χ0v) is 13.8. The third kappa shape index (κ3) is 3.23. The second kappa shape index (κ2) is 7.16. The number of allylic oxidation sites excluding steroid dienone is 2. The van der Waals surface area contributed by atoms with E-state index in [0.29, 0.717) is 5.70 Å². The summed E-state index contributed by atoms with van der Waals surface area (Å²) in [5.74, 6) is -3.29. The fraction of sp³-hybridized carbons (Fsp3) is 0.294. The van der Waals surface area contributed by atoms with Crippen molar-refractivity contribution >= 4 is 17.6 Å². The second-order valence-corrected chi connectivity index (χ2v) is 5.33. The molecule has 1 aromatic rings. The largest absolute Gasteiger partial charge is 0.466 e. The number of ether oxygens (including phenoxy) is 2. The van der Waals surface area contributed by atoms with E-state index >= 15 is 0 Å². The van der Waals surface area contributed by atoms with Gasteiger partial charge in [-0.05, 0) is 13.8 Å². The second-order valence-electron chi connectivity index (χ2n) is 5.33. The monoisotopic (exact) mass is 350 g/mol. The molecule has 0 spiro atoms. The van der Waals surface area contributed by atoms with Crippen LogP contribution in [0.15, 0.2) is 46.8 Å². The van der Waals surface area contributed by atoms with E-state index in [-0.39, 0.29) is 28.1 Å². The lowest BCUT2D eigenvalue weighted by Gasteiger charge is -2.29. The van der Waals surface area contributed by atoms with E-state index in [4.69, 9.17) is 8.85 Å². The van der Waals surface area contributed by atoms with Gasteiger partial charge in [0.05, 0.1) is 40.2 Å². The molecule has 1 aliphatic rings. The van der Waals surface area contributed by atoms with Gasteiger partial charge in [-0.25, -0.2) is 9.59 Å². The van der Waals surface area contributed by atoms with Crippen molar-refractivity contribution < 1.29 is 28.1 Å². The van der Waals surface area contributed by atoms with Gasteiger partial charge in [-0.1, -0.05) is 18.2 Å². The Morgan fingerprint density at radius 1 is 1.16 bits per heavy atom. The van der Waals surface area contributed by atoms with Gasteiger partial charge in [0.2, 0.25) is 0 Å². The zero-order chi connectivity index (χ0) is 21.2. The maximum Gasteiger partial charge on any atom is 0.336 e. The van der Waals surface area contributed by atoms with E-state index in [1.165, 1.54) is 31.2 Å². The van der Waals surface area contributed by atoms with Crippen molar-refractivity contribution in [3.63, 3.8) is 0 Å². The molecule has 0 fully saturated rings. The number of carbonyl (C=O) groups is 2. The summed E-state index contributed by atoms with van der Waals surface area (Å²) in [6.45, 7) is 3.03. The molecular weight excluding hydrogens is 329 g/mol. The Kier molecular flexibility index (Phi) is 4.07. The Morgan fingerprint density at radius 2 is 1.72 bits per heavy atom. The molecule has 1 aliphatic heterocycles. The molecule has 0 saturated heterocycles. The predicted octanol–water partition coefficient (Wildman–Crippen LogP) is 2.18. The normalized spacial score (nSPS) is 19.3. The fourth-order valence-electron chi connectivity index (χ4n) is 2.91. The number of nitro groups is 1. The molecule has 1 atom stereocenters. The Bertz CT molecular complexity index is 904. The van der Waals surface area contributed by atoms with Crippen LogP contribution in [0.1, 0.15) is 29.4 Å². The first-order valence-corrected chi connectivity index (χ1v) is 7.21. The minimum absolute atomic E-state index is 0.0330. The first-order chi connectivity index (χ1) is 13.0. The molecule has 0 amide bonds. The molecule has 0 aliphatic carbocycles. The van der Waals surface area contributed by atoms with Crippen molar-refractivity contribution in [1.82, 2.24) is 5.32 Å². The highest BCUT2D eigenvalue weighted by molar-refractivity contribution is 6.00. The molecule has 8 nitrogen and oxygen atoms in total. The Morgan fingerprint density at radius 3 is 2.24 bits per heavy atom. The van der Waals surface area contributed by atoms with Gasteiger partial charge in [0.15, 0.2) is 0 Å². The lowest BCUT2D eigenvalue weighted by molar-refractivity contribution is -0.385. The van der Waals surface area contributed by atoms with Crippen LogP contribution in [0, 0.1) is 10.1 Å². The average Bonchev–Trinajstić information content (AvgIpc) is 2.58. The van der Waals surface area contributed by atoms with Crippen molar-refractivity contribution in [2.75, 3.05) is 14.1 Å². The molecule has 132 valence electrons. The molecule has 0 bridgehead atoms. The predicted molar refractivity (Wildman–Crippen MR) is 88.4 cm³/mol. The van der Waals surface area contributed by atoms with Gasteiger partial charge in [-0.2, -0.15) is 0 Å². The van der Waals surface area contributed by atoms with Crippen LogP contribution in [0.25, 0.3) is 0 Å². The van der Waals surface area contributed by atoms with Crippen LogP contribution in [0.5, 0.6) is 0 Å². The average molecular weight is 350 g/mol. The standard InChI is InChI=1S/C17H18N2O6/c1-9-13(16(20)24-3)15(14(10(2)18-9)17(21)25-4)11-7-5-6-8-12(11)19(22)23/h5-8,15,18H,1-4H3/i3+1D3. The van der Waals surface area contributed by atoms with Gasteiger partial charge in [0.1, 0.15) is 0 Å². The van der Waals surface area contributed by atoms with E-state index in [2.05, 4.69) is 10.1 Å². The van der Waals surface area contributed by atoms with Crippen LogP contribution < -0.4 is 5.32 Å². The summed E-state index contributed by atoms with van der Waals surface area (Å²) < 4.78 is 30.8. The van der Waals surface area contributed by atoms with Gasteiger partial charge in [-0.3, -0.25) is 10.1 Å². The highest BCUT2D eigenvalue weighted by atomic mass is 16.6. The van der Waals surface area contributed by atoms with Gasteiger partial charge >= 0.3 is 11.9 Å². The summed E-state index contributed by atoms with van der Waals surface area (Å²) in [7, 11) is -1.90. The fourth-order valence-corrected chi connectivity index (χ4v) is 2.91. The summed E-state index contributed by atoms with van der Waals surface area (Å²) >= 11 is 0. The number of benzene rings is 1. The third-order valence-electron chi connectivity index (χ3n) is 3.92. The van der Waals surface area contributed by atoms with Gasteiger partial charge in [0, 0.05) is 23.0 Å². The molecule has 0 saturated carbocycles. The Balaban J connectivity index is 2.76. The summed E-state index contributed by atoms with van der Waals surface area (Å²) in [4.78, 5) is 35.9. The maximum atomic E-state index is 12.6. The first-order valence-electron chi connectivity index (χ1n) is 8.71. The molecule has 0 aromatic heterocycles. The van der Waals surface area contributed by atoms with Crippen molar-refractivity contribution in [1.29, 1.82) is 0 Å². The SMILES string of the molecule is [2H][13C]([2H])([2H])OC(=O)C1=C(C)NC(C)=C(C(=O)OC)C1c1ccccc1[N+](=O)[O-]. The summed E-state index contributed by atoms with van der Waals surface area (Å²) in [5, 5.41) is 14.3. The van der Waals surface area contributed by atoms with Crippen molar-refractivity contribution in [3.05, 3.63) is 62.5 Å². The zero-order valence-electron chi connectivity index (χ0n) is 16.8. The summed E-state index contributed by atoms with van der Waals surface area (Å²) in [6.07, 6.45) is 0. The molecule has 1 unspecified atom stereocenters. The molecule has 1 heterocycles. The van der Waals surface area contributed by atoms with Gasteiger partial charge in [-0.15, -0.1) is 0 Å². The number of nitrogens with one attached hydrogen (secondary N) is 1. The van der Waals surface area contributed by atoms with E-state index < -0.39 is 29.8 Å². The Labute approximate surface area is 148 Å². The smallest absolute Gasteiger partial charge is 0.336 e. The van der Waals surface area contributed by atoms with Gasteiger partial charge in [0.25, 0.3) is 5.69 Å². The lowest BCUT2D eigenvalue weighted by Crippen LogP contribution is -2.32. The number of dihydropyridines is 1. The number of nitrogens with zero attached hydrogens (tertiary/aromatic N) is 1. The summed E-state index contributed by atoms with van der Waals surface area (Å²) in [6, 6.07) is 5.56. The van der Waals surface area contributed by atoms with Crippen LogP contribution in [0.2, 0.25) is 0 Å². The van der Waals surface area contributed by atoms with Crippen LogP contribution >= 0.6 is 0 Å². The molecule has 1 N–H and O–H groups in total. The van der Waals surface area contributed by atoms with Crippen LogP contribution in [-0.4, -0.2) is 31.0 Å². The third-order valence-corrected chi connectivity index (χ3v) is 3.92. The first kappa shape index (κ1) is 14.2. The van der Waals surface area contributed by atoms with Gasteiger partial charge < -0.3 is 14.8 Å². The van der Waals surface area contributed by atoms with E-state index in [9.17, 15) is 19.7 Å². The molecule has 25 heavy (non-hydrogen) atoms. The van der Waals surface area contributed by atoms with Crippen LogP contribution in [-0.2, 0) is 19.1 Å². The summed E-state index contributed by atoms with van der Waals surface area (Å²) in [5.41, 5.74) is -0.0574. The highest BCUT2D eigenvalue weighted by Crippen LogP contribution is 2.42. The number of nitro benzene ring substituents is 1. The number of rotatable bonds is 4. The number of esters is 2. The number of carbonyl (C=O) groups excluding carboxylic acids is 2. The quantitative estimate of drug-likeness (QED) is 0.384. The number of hydrogen-bond donors (Lipinski definition) is 1. The maximum absolute atomic E-state index is 12.6. The molecular formula is C17H18N2O6. The van der Waals surface area contributed by atoms with Crippen molar-refractivity contribution in [2.24, 2.45) is 0 Å². The molecule has 2 rings (SSSR count). The lowest BCUT2D eigenvalue weighted by atomic mass is 9.79. The van der Waals surface area contributed by atoms with E-state index in [1.54, 1.807) is 6.92 Å². The topological polar surface area (TPSA) is 108 Å². The van der Waals surface area contributed by atoms with Crippen LogP contribution in [0.3, 0.4) is 0 Å². The highest BCUT2D eigenvalue weighted by Gasteiger charge is 2.40. The number of hydrogen-bond acceptors (Lipinski definition) is 7. The molecule has 8 heteroatoms. The number of methoxy groups -OCH3 is 2. The Hall–Kier alpha value is -3.16. The van der Waals surface area contributed by atoms with Crippen molar-refractivity contribution in [3.8, 4) is 0 Å². The minimum Gasteiger partial charge on any atom is -0.466 e. The number of para-hydroxylation sites is 1. The van der Waals surface area contributed by atoms with E-state index in [1.807, 2.05) is 0 Å². The molecule has 0 radical (unpaired) electrons. The van der Waals surface area contributed by atoms with Crippen molar-refractivity contribution in [2.45, 2.75) is 19.8 Å².